The smallest absolute Gasteiger partial charge is 0.266 e. The Morgan fingerprint density at radius 1 is 0.955 bits per heavy atom. The van der Waals surface area contributed by atoms with Gasteiger partial charge < -0.3 is 0 Å². The van der Waals surface area contributed by atoms with Crippen LogP contribution in [0.5, 0.6) is 0 Å². The lowest BCUT2D eigenvalue weighted by atomic mass is 9.99. The zero-order chi connectivity index (χ0) is 16.3. The summed E-state index contributed by atoms with van der Waals surface area (Å²) in [5.74, 6) is 0.540. The van der Waals surface area contributed by atoms with Gasteiger partial charge in [0.05, 0.1) is 6.61 Å². The predicted molar refractivity (Wildman–Crippen MR) is 90.5 cm³/mol. The van der Waals surface area contributed by atoms with E-state index in [9.17, 15) is 8.42 Å². The minimum atomic E-state index is -3.76. The van der Waals surface area contributed by atoms with Crippen LogP contribution in [0.25, 0.3) is 10.8 Å². The maximum absolute atomic E-state index is 12.7. The van der Waals surface area contributed by atoms with Gasteiger partial charge in [-0.25, -0.2) is 0 Å². The number of hydrogen-bond donors (Lipinski definition) is 0. The maximum Gasteiger partial charge on any atom is 0.297 e. The summed E-state index contributed by atoms with van der Waals surface area (Å²) >= 11 is 0. The van der Waals surface area contributed by atoms with E-state index in [4.69, 9.17) is 4.18 Å². The summed E-state index contributed by atoms with van der Waals surface area (Å²) in [4.78, 5) is 0.333. The molecule has 4 heteroatoms. The Morgan fingerprint density at radius 2 is 1.64 bits per heavy atom. The lowest BCUT2D eigenvalue weighted by Gasteiger charge is -2.16. The first kappa shape index (κ1) is 17.0. The second-order valence-electron chi connectivity index (χ2n) is 6.51. The Hall–Kier alpha value is -1.39. The molecule has 2 rings (SSSR count). The van der Waals surface area contributed by atoms with Gasteiger partial charge in [0.25, 0.3) is 10.1 Å². The average molecular weight is 320 g/mol. The van der Waals surface area contributed by atoms with Crippen molar-refractivity contribution < 1.29 is 12.6 Å². The van der Waals surface area contributed by atoms with E-state index < -0.39 is 10.1 Å². The highest BCUT2D eigenvalue weighted by Gasteiger charge is 2.23. The van der Waals surface area contributed by atoms with Crippen LogP contribution < -0.4 is 0 Å². The van der Waals surface area contributed by atoms with Crippen LogP contribution in [0.15, 0.2) is 41.3 Å². The summed E-state index contributed by atoms with van der Waals surface area (Å²) in [5, 5.41) is 1.66. The van der Waals surface area contributed by atoms with E-state index in [1.54, 1.807) is 0 Å². The largest absolute Gasteiger partial charge is 0.297 e. The van der Waals surface area contributed by atoms with Crippen molar-refractivity contribution in [2.24, 2.45) is 11.8 Å². The molecule has 0 saturated carbocycles. The van der Waals surface area contributed by atoms with Crippen LogP contribution in [0, 0.1) is 11.8 Å². The maximum atomic E-state index is 12.7. The first-order valence-electron chi connectivity index (χ1n) is 7.71. The summed E-state index contributed by atoms with van der Waals surface area (Å²) in [6.07, 6.45) is 0.713. The molecule has 0 saturated heterocycles. The van der Waals surface area contributed by atoms with Crippen molar-refractivity contribution in [2.45, 2.75) is 39.0 Å². The minimum Gasteiger partial charge on any atom is -0.266 e. The minimum absolute atomic E-state index is 0.165. The Kier molecular flexibility index (Phi) is 5.24. The second-order valence-corrected chi connectivity index (χ2v) is 8.06. The Labute approximate surface area is 133 Å². The molecule has 0 N–H and O–H groups in total. The molecule has 120 valence electrons. The molecule has 0 fully saturated rings. The van der Waals surface area contributed by atoms with Gasteiger partial charge in [-0.1, -0.05) is 64.1 Å². The molecule has 0 aliphatic rings. The third kappa shape index (κ3) is 3.87. The molecule has 22 heavy (non-hydrogen) atoms. The van der Waals surface area contributed by atoms with Crippen LogP contribution in [0.4, 0.5) is 0 Å². The molecule has 0 aliphatic carbocycles. The van der Waals surface area contributed by atoms with Gasteiger partial charge in [-0.05, 0) is 29.2 Å². The van der Waals surface area contributed by atoms with Gasteiger partial charge in [0.15, 0.2) is 0 Å². The van der Waals surface area contributed by atoms with E-state index in [1.165, 1.54) is 0 Å². The molecule has 0 heterocycles. The first-order chi connectivity index (χ1) is 10.3. The zero-order valence-corrected chi connectivity index (χ0v) is 14.5. The Morgan fingerprint density at radius 3 is 2.27 bits per heavy atom. The number of rotatable bonds is 6. The molecule has 0 unspecified atom stereocenters. The monoisotopic (exact) mass is 320 g/mol. The molecule has 0 aromatic heterocycles. The molecule has 2 aromatic rings. The molecule has 0 amide bonds. The quantitative estimate of drug-likeness (QED) is 0.741. The summed E-state index contributed by atoms with van der Waals surface area (Å²) in [6.45, 7) is 8.25. The fourth-order valence-corrected chi connectivity index (χ4v) is 3.97. The highest BCUT2D eigenvalue weighted by Crippen LogP contribution is 2.30. The summed E-state index contributed by atoms with van der Waals surface area (Å²) in [7, 11) is -3.76. The van der Waals surface area contributed by atoms with Crippen LogP contribution >= 0.6 is 0 Å². The van der Waals surface area contributed by atoms with Gasteiger partial charge in [-0.2, -0.15) is 8.42 Å². The predicted octanol–water partition coefficient (Wildman–Crippen LogP) is 4.40. The van der Waals surface area contributed by atoms with Gasteiger partial charge >= 0.3 is 0 Å². The van der Waals surface area contributed by atoms with Crippen molar-refractivity contribution in [3.05, 3.63) is 42.0 Å². The molecular weight excluding hydrogens is 296 g/mol. The SMILES string of the molecule is CC(C)COS(=O)(=O)c1c(CC(C)C)ccc2ccccc12. The Bertz CT molecular complexity index is 746. The average Bonchev–Trinajstić information content (AvgIpc) is 2.44. The molecule has 0 atom stereocenters. The van der Waals surface area contributed by atoms with E-state index >= 15 is 0 Å². The van der Waals surface area contributed by atoms with Crippen LogP contribution in [-0.2, 0) is 20.7 Å². The molecule has 3 nitrogen and oxygen atoms in total. The summed E-state index contributed by atoms with van der Waals surface area (Å²) < 4.78 is 30.7. The first-order valence-corrected chi connectivity index (χ1v) is 9.12. The number of hydrogen-bond acceptors (Lipinski definition) is 3. The topological polar surface area (TPSA) is 43.4 Å². The molecule has 0 spiro atoms. The van der Waals surface area contributed by atoms with E-state index in [0.29, 0.717) is 17.2 Å². The summed E-state index contributed by atoms with van der Waals surface area (Å²) in [5.41, 5.74) is 0.831. The van der Waals surface area contributed by atoms with Gasteiger partial charge in [0.1, 0.15) is 4.90 Å². The lowest BCUT2D eigenvalue weighted by molar-refractivity contribution is 0.275. The molecule has 0 aliphatic heterocycles. The lowest BCUT2D eigenvalue weighted by Crippen LogP contribution is -2.14. The van der Waals surface area contributed by atoms with E-state index in [1.807, 2.05) is 50.2 Å². The van der Waals surface area contributed by atoms with Gasteiger partial charge in [0.2, 0.25) is 0 Å². The van der Waals surface area contributed by atoms with E-state index in [-0.39, 0.29) is 12.5 Å². The van der Waals surface area contributed by atoms with Crippen LogP contribution in [0.2, 0.25) is 0 Å². The molecule has 0 radical (unpaired) electrons. The highest BCUT2D eigenvalue weighted by molar-refractivity contribution is 7.87. The summed E-state index contributed by atoms with van der Waals surface area (Å²) in [6, 6.07) is 11.4. The molecule has 2 aromatic carbocycles. The molecule has 0 bridgehead atoms. The normalized spacial score (nSPS) is 12.5. The van der Waals surface area contributed by atoms with Crippen molar-refractivity contribution >= 4 is 20.9 Å². The van der Waals surface area contributed by atoms with Crippen molar-refractivity contribution in [2.75, 3.05) is 6.61 Å². The standard InChI is InChI=1S/C18H24O3S/c1-13(2)11-16-10-9-15-7-5-6-8-17(15)18(16)22(19,20)21-12-14(3)4/h5-10,13-14H,11-12H2,1-4H3. The number of fused-ring (bicyclic) bond motifs is 1. The van der Waals surface area contributed by atoms with E-state index in [2.05, 4.69) is 13.8 Å². The van der Waals surface area contributed by atoms with Gasteiger partial charge in [-0.15, -0.1) is 0 Å². The second kappa shape index (κ2) is 6.80. The molecular formula is C18H24O3S. The van der Waals surface area contributed by atoms with E-state index in [0.717, 1.165) is 16.3 Å². The van der Waals surface area contributed by atoms with Crippen molar-refractivity contribution in [3.8, 4) is 0 Å². The zero-order valence-electron chi connectivity index (χ0n) is 13.7. The van der Waals surface area contributed by atoms with Crippen LogP contribution in [0.1, 0.15) is 33.3 Å². The van der Waals surface area contributed by atoms with Crippen molar-refractivity contribution in [1.82, 2.24) is 0 Å². The Balaban J connectivity index is 2.61. The number of benzene rings is 2. The van der Waals surface area contributed by atoms with Crippen molar-refractivity contribution in [1.29, 1.82) is 0 Å². The fraction of sp³-hybridized carbons (Fsp3) is 0.444. The van der Waals surface area contributed by atoms with Crippen LogP contribution in [-0.4, -0.2) is 15.0 Å². The third-order valence-corrected chi connectivity index (χ3v) is 4.82. The van der Waals surface area contributed by atoms with Crippen molar-refractivity contribution in [3.63, 3.8) is 0 Å². The van der Waals surface area contributed by atoms with Crippen LogP contribution in [0.3, 0.4) is 0 Å². The van der Waals surface area contributed by atoms with Gasteiger partial charge in [-0.3, -0.25) is 4.18 Å². The van der Waals surface area contributed by atoms with Gasteiger partial charge in [0, 0.05) is 5.39 Å². The fourth-order valence-electron chi connectivity index (χ4n) is 2.47. The highest BCUT2D eigenvalue weighted by atomic mass is 32.2. The third-order valence-electron chi connectivity index (χ3n) is 3.40.